The summed E-state index contributed by atoms with van der Waals surface area (Å²) >= 11 is 0. The lowest BCUT2D eigenvalue weighted by atomic mass is 10.2. The Kier molecular flexibility index (Phi) is 6.17. The summed E-state index contributed by atoms with van der Waals surface area (Å²) in [6.07, 6.45) is 0. The number of nitrogens with one attached hydrogen (secondary N) is 3. The highest BCUT2D eigenvalue weighted by molar-refractivity contribution is 7.92. The number of hydrogen-bond donors (Lipinski definition) is 3. The molecule has 0 aliphatic heterocycles. The number of benzene rings is 2. The molecule has 0 heterocycles. The van der Waals surface area contributed by atoms with Gasteiger partial charge < -0.3 is 10.6 Å². The first kappa shape index (κ1) is 19.0. The Bertz CT molecular complexity index is 850. The fourth-order valence-corrected chi connectivity index (χ4v) is 3.27. The molecule has 0 spiro atoms. The van der Waals surface area contributed by atoms with Gasteiger partial charge in [-0.15, -0.1) is 0 Å². The molecule has 0 bridgehead atoms. The lowest BCUT2D eigenvalue weighted by Gasteiger charge is -2.12. The Hall–Kier alpha value is -2.38. The first-order valence-corrected chi connectivity index (χ1v) is 9.45. The molecule has 0 saturated heterocycles. The van der Waals surface area contributed by atoms with Crippen LogP contribution in [0.4, 0.5) is 5.69 Å². The van der Waals surface area contributed by atoms with Crippen LogP contribution in [0.2, 0.25) is 0 Å². The van der Waals surface area contributed by atoms with E-state index in [0.717, 1.165) is 5.56 Å². The highest BCUT2D eigenvalue weighted by Crippen LogP contribution is 2.18. The van der Waals surface area contributed by atoms with Crippen LogP contribution in [0.3, 0.4) is 0 Å². The summed E-state index contributed by atoms with van der Waals surface area (Å²) in [5.41, 5.74) is 1.74. The summed E-state index contributed by atoms with van der Waals surface area (Å²) in [5.74, 6) is -0.310. The minimum absolute atomic E-state index is 0.0447. The number of anilines is 1. The number of amides is 1. The quantitative estimate of drug-likeness (QED) is 0.705. The third-order valence-corrected chi connectivity index (χ3v) is 5.12. The minimum atomic E-state index is -3.76. The predicted octanol–water partition coefficient (Wildman–Crippen LogP) is 2.13. The molecule has 6 nitrogen and oxygen atoms in total. The molecule has 0 aliphatic carbocycles. The molecule has 2 aromatic carbocycles. The van der Waals surface area contributed by atoms with E-state index in [1.54, 1.807) is 37.4 Å². The van der Waals surface area contributed by atoms with Gasteiger partial charge in [0.2, 0.25) is 0 Å². The van der Waals surface area contributed by atoms with Crippen molar-refractivity contribution in [3.63, 3.8) is 0 Å². The standard InChI is InChI=1S/C18H23N3O3S/c1-13-6-4-8-16(10-13)21-25(23,24)17-9-5-7-15(11-17)18(22)20-12-14(2)19-3/h4-11,14,19,21H,12H2,1-3H3,(H,20,22). The largest absolute Gasteiger partial charge is 0.350 e. The summed E-state index contributed by atoms with van der Waals surface area (Å²) in [7, 11) is -1.96. The lowest BCUT2D eigenvalue weighted by molar-refractivity contribution is 0.0950. The third-order valence-electron chi connectivity index (χ3n) is 3.74. The van der Waals surface area contributed by atoms with Crippen molar-refractivity contribution in [3.05, 3.63) is 59.7 Å². The first-order chi connectivity index (χ1) is 11.8. The summed E-state index contributed by atoms with van der Waals surface area (Å²) in [4.78, 5) is 12.2. The molecular formula is C18H23N3O3S. The zero-order chi connectivity index (χ0) is 18.4. The molecule has 2 aromatic rings. The molecule has 0 saturated carbocycles. The fraction of sp³-hybridized carbons (Fsp3) is 0.278. The number of hydrogen-bond acceptors (Lipinski definition) is 4. The van der Waals surface area contributed by atoms with Gasteiger partial charge in [-0.25, -0.2) is 8.42 Å². The molecule has 0 fully saturated rings. The molecule has 1 unspecified atom stereocenters. The third kappa shape index (κ3) is 5.30. The van der Waals surface area contributed by atoms with Gasteiger partial charge in [0, 0.05) is 23.8 Å². The minimum Gasteiger partial charge on any atom is -0.350 e. The predicted molar refractivity (Wildman–Crippen MR) is 99.3 cm³/mol. The van der Waals surface area contributed by atoms with Gasteiger partial charge in [0.15, 0.2) is 0 Å². The normalized spacial score (nSPS) is 12.4. The molecule has 3 N–H and O–H groups in total. The summed E-state index contributed by atoms with van der Waals surface area (Å²) in [5, 5.41) is 5.79. The zero-order valence-corrected chi connectivity index (χ0v) is 15.4. The van der Waals surface area contributed by atoms with E-state index in [-0.39, 0.29) is 16.8 Å². The number of likely N-dealkylation sites (N-methyl/N-ethyl adjacent to an activating group) is 1. The molecular weight excluding hydrogens is 338 g/mol. The Morgan fingerprint density at radius 3 is 2.52 bits per heavy atom. The monoisotopic (exact) mass is 361 g/mol. The van der Waals surface area contributed by atoms with Crippen LogP contribution in [-0.4, -0.2) is 34.0 Å². The van der Waals surface area contributed by atoms with Gasteiger partial charge in [-0.05, 0) is 56.8 Å². The summed E-state index contributed by atoms with van der Waals surface area (Å²) < 4.78 is 27.6. The van der Waals surface area contributed by atoms with Crippen LogP contribution in [0.25, 0.3) is 0 Å². The van der Waals surface area contributed by atoms with Crippen molar-refractivity contribution in [2.45, 2.75) is 24.8 Å². The molecule has 0 radical (unpaired) electrons. The lowest BCUT2D eigenvalue weighted by Crippen LogP contribution is -2.37. The van der Waals surface area contributed by atoms with Crippen LogP contribution in [0.5, 0.6) is 0 Å². The molecule has 134 valence electrons. The van der Waals surface area contributed by atoms with E-state index in [1.807, 2.05) is 19.9 Å². The molecule has 7 heteroatoms. The van der Waals surface area contributed by atoms with Crippen molar-refractivity contribution in [3.8, 4) is 0 Å². The van der Waals surface area contributed by atoms with E-state index in [4.69, 9.17) is 0 Å². The van der Waals surface area contributed by atoms with Crippen molar-refractivity contribution in [1.82, 2.24) is 10.6 Å². The van der Waals surface area contributed by atoms with Crippen LogP contribution in [0.1, 0.15) is 22.8 Å². The van der Waals surface area contributed by atoms with E-state index >= 15 is 0 Å². The number of sulfonamides is 1. The van der Waals surface area contributed by atoms with E-state index < -0.39 is 10.0 Å². The molecule has 2 rings (SSSR count). The number of carbonyl (C=O) groups is 1. The van der Waals surface area contributed by atoms with Crippen LogP contribution in [-0.2, 0) is 10.0 Å². The molecule has 1 amide bonds. The van der Waals surface area contributed by atoms with Crippen molar-refractivity contribution in [1.29, 1.82) is 0 Å². The Balaban J connectivity index is 2.17. The Morgan fingerprint density at radius 1 is 1.12 bits per heavy atom. The average molecular weight is 361 g/mol. The van der Waals surface area contributed by atoms with Crippen molar-refractivity contribution < 1.29 is 13.2 Å². The van der Waals surface area contributed by atoms with Gasteiger partial charge in [-0.1, -0.05) is 18.2 Å². The summed E-state index contributed by atoms with van der Waals surface area (Å²) in [6.45, 7) is 4.27. The fourth-order valence-electron chi connectivity index (χ4n) is 2.18. The second-order valence-electron chi connectivity index (χ2n) is 5.90. The van der Waals surface area contributed by atoms with Crippen LogP contribution in [0, 0.1) is 6.92 Å². The highest BCUT2D eigenvalue weighted by Gasteiger charge is 2.16. The van der Waals surface area contributed by atoms with Gasteiger partial charge in [-0.3, -0.25) is 9.52 Å². The Morgan fingerprint density at radius 2 is 1.84 bits per heavy atom. The molecule has 25 heavy (non-hydrogen) atoms. The van der Waals surface area contributed by atoms with Gasteiger partial charge in [0.05, 0.1) is 4.90 Å². The van der Waals surface area contributed by atoms with Gasteiger partial charge in [0.1, 0.15) is 0 Å². The highest BCUT2D eigenvalue weighted by atomic mass is 32.2. The maximum Gasteiger partial charge on any atom is 0.261 e. The average Bonchev–Trinajstić information content (AvgIpc) is 2.59. The molecule has 1 atom stereocenters. The number of carbonyl (C=O) groups excluding carboxylic acids is 1. The van der Waals surface area contributed by atoms with Crippen molar-refractivity contribution in [2.24, 2.45) is 0 Å². The van der Waals surface area contributed by atoms with E-state index in [2.05, 4.69) is 15.4 Å². The number of aryl methyl sites for hydroxylation is 1. The maximum atomic E-state index is 12.5. The Labute approximate surface area is 148 Å². The van der Waals surface area contributed by atoms with Crippen LogP contribution < -0.4 is 15.4 Å². The van der Waals surface area contributed by atoms with Crippen molar-refractivity contribution in [2.75, 3.05) is 18.3 Å². The SMILES string of the molecule is CNC(C)CNC(=O)c1cccc(S(=O)(=O)Nc2cccc(C)c2)c1. The van der Waals surface area contributed by atoms with Gasteiger partial charge >= 0.3 is 0 Å². The molecule has 0 aliphatic rings. The van der Waals surface area contributed by atoms with Gasteiger partial charge in [-0.2, -0.15) is 0 Å². The van der Waals surface area contributed by atoms with E-state index in [0.29, 0.717) is 17.8 Å². The summed E-state index contributed by atoms with van der Waals surface area (Å²) in [6, 6.07) is 13.2. The maximum absolute atomic E-state index is 12.5. The van der Waals surface area contributed by atoms with Crippen LogP contribution in [0.15, 0.2) is 53.4 Å². The molecule has 0 aromatic heterocycles. The van der Waals surface area contributed by atoms with E-state index in [1.165, 1.54) is 12.1 Å². The van der Waals surface area contributed by atoms with Crippen LogP contribution >= 0.6 is 0 Å². The smallest absolute Gasteiger partial charge is 0.261 e. The zero-order valence-electron chi connectivity index (χ0n) is 14.5. The topological polar surface area (TPSA) is 87.3 Å². The second-order valence-corrected chi connectivity index (χ2v) is 7.58. The van der Waals surface area contributed by atoms with Crippen molar-refractivity contribution >= 4 is 21.6 Å². The first-order valence-electron chi connectivity index (χ1n) is 7.97. The van der Waals surface area contributed by atoms with Gasteiger partial charge in [0.25, 0.3) is 15.9 Å². The second kappa shape index (κ2) is 8.13. The van der Waals surface area contributed by atoms with E-state index in [9.17, 15) is 13.2 Å². The number of rotatable bonds is 7.